The van der Waals surface area contributed by atoms with Crippen molar-refractivity contribution in [2.75, 3.05) is 7.11 Å². The molecule has 1 rings (SSSR count). The minimum absolute atomic E-state index is 0.214. The van der Waals surface area contributed by atoms with Gasteiger partial charge in [0.15, 0.2) is 0 Å². The molecule has 0 aliphatic heterocycles. The zero-order valence-electron chi connectivity index (χ0n) is 8.70. The van der Waals surface area contributed by atoms with E-state index in [1.54, 1.807) is 12.1 Å². The molecule has 4 nitrogen and oxygen atoms in total. The molecule has 0 aliphatic rings. The van der Waals surface area contributed by atoms with Crippen LogP contribution in [0, 0.1) is 18.3 Å². The number of nitrogens with two attached hydrogens (primary N) is 1. The first-order valence-corrected chi connectivity index (χ1v) is 4.46. The molecule has 15 heavy (non-hydrogen) atoms. The van der Waals surface area contributed by atoms with Crippen LogP contribution in [0.1, 0.15) is 27.0 Å². The molecule has 0 saturated heterocycles. The molecule has 0 fully saturated rings. The van der Waals surface area contributed by atoms with Gasteiger partial charge in [-0.2, -0.15) is 5.26 Å². The predicted octanol–water partition coefficient (Wildman–Crippen LogP) is 1.11. The molecule has 1 aromatic rings. The number of esters is 1. The molecule has 0 spiro atoms. The molecule has 0 aromatic heterocycles. The summed E-state index contributed by atoms with van der Waals surface area (Å²) < 4.78 is 4.63. The van der Waals surface area contributed by atoms with E-state index >= 15 is 0 Å². The molecule has 0 amide bonds. The third kappa shape index (κ3) is 1.97. The normalized spacial score (nSPS) is 9.47. The number of nitrogens with zero attached hydrogens (tertiary/aromatic N) is 1. The van der Waals surface area contributed by atoms with Gasteiger partial charge in [0.2, 0.25) is 0 Å². The highest BCUT2D eigenvalue weighted by molar-refractivity contribution is 5.94. The molecule has 1 aromatic carbocycles. The van der Waals surface area contributed by atoms with Crippen LogP contribution in [0.2, 0.25) is 0 Å². The molecule has 0 unspecified atom stereocenters. The van der Waals surface area contributed by atoms with E-state index in [-0.39, 0.29) is 12.1 Å². The number of hydrogen-bond donors (Lipinski definition) is 1. The highest BCUT2D eigenvalue weighted by atomic mass is 16.5. The Morgan fingerprint density at radius 2 is 2.27 bits per heavy atom. The van der Waals surface area contributed by atoms with Gasteiger partial charge in [-0.3, -0.25) is 0 Å². The molecular formula is C11H12N2O2. The maximum Gasteiger partial charge on any atom is 0.339 e. The fraction of sp³-hybridized carbons (Fsp3) is 0.273. The van der Waals surface area contributed by atoms with E-state index in [2.05, 4.69) is 4.74 Å². The lowest BCUT2D eigenvalue weighted by atomic mass is 9.97. The first kappa shape index (κ1) is 11.2. The van der Waals surface area contributed by atoms with Gasteiger partial charge < -0.3 is 10.5 Å². The lowest BCUT2D eigenvalue weighted by molar-refractivity contribution is 0.0599. The van der Waals surface area contributed by atoms with Crippen LogP contribution < -0.4 is 5.73 Å². The third-order valence-electron chi connectivity index (χ3n) is 2.26. The Morgan fingerprint density at radius 3 is 2.73 bits per heavy atom. The Bertz CT molecular complexity index is 433. The van der Waals surface area contributed by atoms with Crippen molar-refractivity contribution in [1.82, 2.24) is 0 Å². The number of hydrogen-bond acceptors (Lipinski definition) is 4. The number of carbonyl (C=O) groups is 1. The molecule has 0 aliphatic carbocycles. The maximum absolute atomic E-state index is 11.5. The summed E-state index contributed by atoms with van der Waals surface area (Å²) in [6.45, 7) is 2.06. The molecular weight excluding hydrogens is 192 g/mol. The maximum atomic E-state index is 11.5. The average molecular weight is 204 g/mol. The second-order valence-corrected chi connectivity index (χ2v) is 3.09. The number of rotatable bonds is 2. The van der Waals surface area contributed by atoms with E-state index < -0.39 is 5.97 Å². The van der Waals surface area contributed by atoms with E-state index in [9.17, 15) is 4.79 Å². The van der Waals surface area contributed by atoms with Crippen molar-refractivity contribution in [1.29, 1.82) is 5.26 Å². The van der Waals surface area contributed by atoms with Gasteiger partial charge in [0.25, 0.3) is 0 Å². The van der Waals surface area contributed by atoms with Crippen molar-refractivity contribution in [2.45, 2.75) is 13.5 Å². The Labute approximate surface area is 88.3 Å². The first-order valence-electron chi connectivity index (χ1n) is 4.46. The highest BCUT2D eigenvalue weighted by Crippen LogP contribution is 2.19. The SMILES string of the molecule is COC(=O)c1c(C#N)ccc(C)c1CN. The van der Waals surface area contributed by atoms with Gasteiger partial charge in [0, 0.05) is 6.54 Å². The van der Waals surface area contributed by atoms with Gasteiger partial charge in [-0.25, -0.2) is 4.79 Å². The standard InChI is InChI=1S/C11H12N2O2/c1-7-3-4-8(5-12)10(9(7)6-13)11(14)15-2/h3-4H,6,13H2,1-2H3. The van der Waals surface area contributed by atoms with Crippen LogP contribution in [0.25, 0.3) is 0 Å². The largest absolute Gasteiger partial charge is 0.465 e. The number of benzene rings is 1. The topological polar surface area (TPSA) is 76.1 Å². The Kier molecular flexibility index (Phi) is 3.42. The molecule has 0 atom stereocenters. The molecule has 0 heterocycles. The Balaban J connectivity index is 3.49. The molecule has 0 saturated carbocycles. The molecule has 2 N–H and O–H groups in total. The zero-order chi connectivity index (χ0) is 11.4. The monoisotopic (exact) mass is 204 g/mol. The second kappa shape index (κ2) is 4.58. The van der Waals surface area contributed by atoms with Crippen molar-refractivity contribution in [3.63, 3.8) is 0 Å². The van der Waals surface area contributed by atoms with Gasteiger partial charge in [-0.15, -0.1) is 0 Å². The number of carbonyl (C=O) groups excluding carboxylic acids is 1. The minimum atomic E-state index is -0.518. The van der Waals surface area contributed by atoms with Crippen molar-refractivity contribution >= 4 is 5.97 Å². The summed E-state index contributed by atoms with van der Waals surface area (Å²) in [4.78, 5) is 11.5. The molecule has 0 bridgehead atoms. The van der Waals surface area contributed by atoms with E-state index in [1.165, 1.54) is 7.11 Å². The second-order valence-electron chi connectivity index (χ2n) is 3.09. The number of ether oxygens (including phenoxy) is 1. The van der Waals surface area contributed by atoms with Gasteiger partial charge in [-0.1, -0.05) is 6.07 Å². The summed E-state index contributed by atoms with van der Waals surface area (Å²) in [5.74, 6) is -0.518. The van der Waals surface area contributed by atoms with Gasteiger partial charge in [0.1, 0.15) is 6.07 Å². The summed E-state index contributed by atoms with van der Waals surface area (Å²) in [5.41, 5.74) is 7.68. The van der Waals surface area contributed by atoms with Crippen LogP contribution in [0.4, 0.5) is 0 Å². The summed E-state index contributed by atoms with van der Waals surface area (Å²) in [7, 11) is 1.28. The average Bonchev–Trinajstić information content (AvgIpc) is 2.27. The van der Waals surface area contributed by atoms with E-state index in [0.717, 1.165) is 5.56 Å². The van der Waals surface area contributed by atoms with Crippen LogP contribution >= 0.6 is 0 Å². The summed E-state index contributed by atoms with van der Waals surface area (Å²) >= 11 is 0. The Morgan fingerprint density at radius 1 is 1.60 bits per heavy atom. The molecule has 78 valence electrons. The van der Waals surface area contributed by atoms with E-state index in [1.807, 2.05) is 13.0 Å². The van der Waals surface area contributed by atoms with Crippen molar-refractivity contribution in [3.05, 3.63) is 34.4 Å². The Hall–Kier alpha value is -1.86. The quantitative estimate of drug-likeness (QED) is 0.732. The van der Waals surface area contributed by atoms with Crippen LogP contribution in [0.3, 0.4) is 0 Å². The van der Waals surface area contributed by atoms with Crippen LogP contribution in [0.15, 0.2) is 12.1 Å². The third-order valence-corrected chi connectivity index (χ3v) is 2.26. The fourth-order valence-corrected chi connectivity index (χ4v) is 1.44. The lowest BCUT2D eigenvalue weighted by Gasteiger charge is -2.10. The van der Waals surface area contributed by atoms with Crippen molar-refractivity contribution < 1.29 is 9.53 Å². The van der Waals surface area contributed by atoms with Crippen molar-refractivity contribution in [2.24, 2.45) is 5.73 Å². The zero-order valence-corrected chi connectivity index (χ0v) is 8.70. The lowest BCUT2D eigenvalue weighted by Crippen LogP contribution is -2.13. The van der Waals surface area contributed by atoms with Gasteiger partial charge in [0.05, 0.1) is 18.2 Å². The van der Waals surface area contributed by atoms with Crippen LogP contribution in [0.5, 0.6) is 0 Å². The molecule has 0 radical (unpaired) electrons. The first-order chi connectivity index (χ1) is 7.15. The fourth-order valence-electron chi connectivity index (χ4n) is 1.44. The van der Waals surface area contributed by atoms with Crippen molar-refractivity contribution in [3.8, 4) is 6.07 Å². The number of nitriles is 1. The van der Waals surface area contributed by atoms with E-state index in [0.29, 0.717) is 11.1 Å². The summed E-state index contributed by atoms with van der Waals surface area (Å²) in [6.07, 6.45) is 0. The number of methoxy groups -OCH3 is 1. The minimum Gasteiger partial charge on any atom is -0.465 e. The molecule has 4 heteroatoms. The van der Waals surface area contributed by atoms with Gasteiger partial charge >= 0.3 is 5.97 Å². The van der Waals surface area contributed by atoms with E-state index in [4.69, 9.17) is 11.0 Å². The van der Waals surface area contributed by atoms with Crippen LogP contribution in [-0.2, 0) is 11.3 Å². The summed E-state index contributed by atoms with van der Waals surface area (Å²) in [6, 6.07) is 5.33. The summed E-state index contributed by atoms with van der Waals surface area (Å²) in [5, 5.41) is 8.88. The van der Waals surface area contributed by atoms with Gasteiger partial charge in [-0.05, 0) is 24.1 Å². The highest BCUT2D eigenvalue weighted by Gasteiger charge is 2.17. The predicted molar refractivity (Wildman–Crippen MR) is 55.1 cm³/mol. The smallest absolute Gasteiger partial charge is 0.339 e. The van der Waals surface area contributed by atoms with Crippen LogP contribution in [-0.4, -0.2) is 13.1 Å². The number of aryl methyl sites for hydroxylation is 1.